The van der Waals surface area contributed by atoms with E-state index in [0.717, 1.165) is 16.9 Å². The summed E-state index contributed by atoms with van der Waals surface area (Å²) in [4.78, 5) is 0. The lowest BCUT2D eigenvalue weighted by molar-refractivity contribution is 0.199. The molecule has 0 aromatic heterocycles. The zero-order valence-electron chi connectivity index (χ0n) is 13.5. The fourth-order valence-corrected chi connectivity index (χ4v) is 2.68. The van der Waals surface area contributed by atoms with E-state index in [2.05, 4.69) is 32.9 Å². The predicted octanol–water partition coefficient (Wildman–Crippen LogP) is 4.55. The molecule has 0 bridgehead atoms. The Morgan fingerprint density at radius 2 is 1.57 bits per heavy atom. The average Bonchev–Trinajstić information content (AvgIpc) is 2.38. The fourth-order valence-electron chi connectivity index (χ4n) is 2.68. The molecule has 0 aliphatic rings. The van der Waals surface area contributed by atoms with Crippen LogP contribution in [0.4, 0.5) is 0 Å². The van der Waals surface area contributed by atoms with Gasteiger partial charge in [0.15, 0.2) is 0 Å². The second kappa shape index (κ2) is 6.31. The minimum atomic E-state index is -0.445. The molecule has 0 amide bonds. The number of aliphatic hydroxyl groups is 1. The monoisotopic (exact) mass is 284 g/mol. The van der Waals surface area contributed by atoms with Crippen molar-refractivity contribution in [2.75, 3.05) is 0 Å². The van der Waals surface area contributed by atoms with Crippen molar-refractivity contribution in [3.05, 3.63) is 63.7 Å². The van der Waals surface area contributed by atoms with Crippen molar-refractivity contribution in [2.45, 2.75) is 47.3 Å². The van der Waals surface area contributed by atoms with Crippen molar-refractivity contribution >= 4 is 0 Å². The van der Waals surface area contributed by atoms with Gasteiger partial charge in [0, 0.05) is 0 Å². The number of rotatable bonds is 4. The molecular formula is C19H24O2. The van der Waals surface area contributed by atoms with E-state index in [1.54, 1.807) is 6.92 Å². The van der Waals surface area contributed by atoms with Gasteiger partial charge in [0.1, 0.15) is 12.4 Å². The van der Waals surface area contributed by atoms with Gasteiger partial charge in [0.25, 0.3) is 0 Å². The van der Waals surface area contributed by atoms with Crippen LogP contribution in [-0.4, -0.2) is 5.11 Å². The van der Waals surface area contributed by atoms with Crippen LogP contribution in [-0.2, 0) is 6.61 Å². The Morgan fingerprint density at radius 3 is 2.10 bits per heavy atom. The van der Waals surface area contributed by atoms with E-state index >= 15 is 0 Å². The average molecular weight is 284 g/mol. The summed E-state index contributed by atoms with van der Waals surface area (Å²) >= 11 is 0. The maximum Gasteiger partial charge on any atom is 0.122 e. The van der Waals surface area contributed by atoms with E-state index in [0.29, 0.717) is 6.61 Å². The Labute approximate surface area is 127 Å². The SMILES string of the molecule is Cc1cc(C)c(COc2ccc([C@H](C)O)cc2C)c(C)c1. The number of benzene rings is 2. The molecule has 0 fully saturated rings. The van der Waals surface area contributed by atoms with Crippen LogP contribution in [0, 0.1) is 27.7 Å². The van der Waals surface area contributed by atoms with Gasteiger partial charge < -0.3 is 9.84 Å². The Bertz CT molecular complexity index is 619. The second-order valence-electron chi connectivity index (χ2n) is 5.87. The van der Waals surface area contributed by atoms with E-state index in [9.17, 15) is 5.11 Å². The molecule has 2 aromatic rings. The number of aliphatic hydroxyl groups excluding tert-OH is 1. The summed E-state index contributed by atoms with van der Waals surface area (Å²) < 4.78 is 5.98. The van der Waals surface area contributed by atoms with Gasteiger partial charge >= 0.3 is 0 Å². The van der Waals surface area contributed by atoms with E-state index in [1.807, 2.05) is 25.1 Å². The molecule has 0 saturated heterocycles. The van der Waals surface area contributed by atoms with Gasteiger partial charge in [-0.1, -0.05) is 23.8 Å². The van der Waals surface area contributed by atoms with Crippen LogP contribution in [0.15, 0.2) is 30.3 Å². The molecule has 21 heavy (non-hydrogen) atoms. The lowest BCUT2D eigenvalue weighted by Crippen LogP contribution is -2.03. The van der Waals surface area contributed by atoms with Crippen LogP contribution >= 0.6 is 0 Å². The van der Waals surface area contributed by atoms with Gasteiger partial charge in [-0.05, 0) is 74.6 Å². The molecule has 112 valence electrons. The van der Waals surface area contributed by atoms with Crippen LogP contribution in [0.5, 0.6) is 5.75 Å². The van der Waals surface area contributed by atoms with E-state index in [1.165, 1.54) is 22.3 Å². The molecule has 2 aromatic carbocycles. The number of hydrogen-bond acceptors (Lipinski definition) is 2. The van der Waals surface area contributed by atoms with E-state index in [4.69, 9.17) is 4.74 Å². The highest BCUT2D eigenvalue weighted by Crippen LogP contribution is 2.25. The summed E-state index contributed by atoms with van der Waals surface area (Å²) in [6.45, 7) is 10.7. The lowest BCUT2D eigenvalue weighted by atomic mass is 10.0. The number of aryl methyl sites for hydroxylation is 4. The number of ether oxygens (including phenoxy) is 1. The smallest absolute Gasteiger partial charge is 0.122 e. The lowest BCUT2D eigenvalue weighted by Gasteiger charge is -2.15. The van der Waals surface area contributed by atoms with Gasteiger partial charge in [0.2, 0.25) is 0 Å². The Hall–Kier alpha value is -1.80. The molecule has 2 rings (SSSR count). The normalized spacial score (nSPS) is 12.3. The molecule has 0 spiro atoms. The van der Waals surface area contributed by atoms with Gasteiger partial charge in [-0.3, -0.25) is 0 Å². The fraction of sp³-hybridized carbons (Fsp3) is 0.368. The second-order valence-corrected chi connectivity index (χ2v) is 5.87. The highest BCUT2D eigenvalue weighted by Gasteiger charge is 2.08. The molecule has 2 nitrogen and oxygen atoms in total. The van der Waals surface area contributed by atoms with Crippen LogP contribution in [0.2, 0.25) is 0 Å². The first-order chi connectivity index (χ1) is 9.88. The predicted molar refractivity (Wildman–Crippen MR) is 86.8 cm³/mol. The molecule has 0 radical (unpaired) electrons. The Morgan fingerprint density at radius 1 is 0.952 bits per heavy atom. The summed E-state index contributed by atoms with van der Waals surface area (Å²) in [5.41, 5.74) is 7.04. The minimum absolute atomic E-state index is 0.445. The maximum absolute atomic E-state index is 9.60. The van der Waals surface area contributed by atoms with Crippen molar-refractivity contribution in [3.63, 3.8) is 0 Å². The summed E-state index contributed by atoms with van der Waals surface area (Å²) in [7, 11) is 0. The molecule has 0 heterocycles. The van der Waals surface area contributed by atoms with Crippen LogP contribution < -0.4 is 4.74 Å². The third-order valence-corrected chi connectivity index (χ3v) is 3.89. The largest absolute Gasteiger partial charge is 0.489 e. The summed E-state index contributed by atoms with van der Waals surface area (Å²) in [6.07, 6.45) is -0.445. The van der Waals surface area contributed by atoms with E-state index < -0.39 is 6.10 Å². The molecule has 1 N–H and O–H groups in total. The number of hydrogen-bond donors (Lipinski definition) is 1. The van der Waals surface area contributed by atoms with Crippen LogP contribution in [0.1, 0.15) is 46.4 Å². The zero-order chi connectivity index (χ0) is 15.6. The van der Waals surface area contributed by atoms with E-state index in [-0.39, 0.29) is 0 Å². The summed E-state index contributed by atoms with van der Waals surface area (Å²) in [6, 6.07) is 10.2. The molecule has 0 unspecified atom stereocenters. The minimum Gasteiger partial charge on any atom is -0.489 e. The zero-order valence-corrected chi connectivity index (χ0v) is 13.5. The first-order valence-corrected chi connectivity index (χ1v) is 7.36. The van der Waals surface area contributed by atoms with Gasteiger partial charge in [-0.2, -0.15) is 0 Å². The van der Waals surface area contributed by atoms with Gasteiger partial charge in [-0.15, -0.1) is 0 Å². The highest BCUT2D eigenvalue weighted by atomic mass is 16.5. The van der Waals surface area contributed by atoms with Gasteiger partial charge in [0.05, 0.1) is 6.10 Å². The topological polar surface area (TPSA) is 29.5 Å². The summed E-state index contributed by atoms with van der Waals surface area (Å²) in [5, 5.41) is 9.60. The molecular weight excluding hydrogens is 260 g/mol. The first kappa shape index (κ1) is 15.6. The Balaban J connectivity index is 2.17. The molecule has 2 heteroatoms. The van der Waals surface area contributed by atoms with Crippen LogP contribution in [0.3, 0.4) is 0 Å². The Kier molecular flexibility index (Phi) is 4.69. The molecule has 0 aliphatic heterocycles. The van der Waals surface area contributed by atoms with Crippen molar-refractivity contribution in [2.24, 2.45) is 0 Å². The van der Waals surface area contributed by atoms with Crippen molar-refractivity contribution in [3.8, 4) is 5.75 Å². The third kappa shape index (κ3) is 3.64. The summed E-state index contributed by atoms with van der Waals surface area (Å²) in [5.74, 6) is 0.874. The highest BCUT2D eigenvalue weighted by molar-refractivity contribution is 5.39. The van der Waals surface area contributed by atoms with Crippen molar-refractivity contribution in [1.29, 1.82) is 0 Å². The van der Waals surface area contributed by atoms with Crippen LogP contribution in [0.25, 0.3) is 0 Å². The van der Waals surface area contributed by atoms with Crippen molar-refractivity contribution in [1.82, 2.24) is 0 Å². The standard InChI is InChI=1S/C19H24O2/c1-12-8-13(2)18(14(3)9-12)11-21-19-7-6-17(16(5)20)10-15(19)4/h6-10,16,20H,11H2,1-5H3/t16-/m0/s1. The third-order valence-electron chi connectivity index (χ3n) is 3.89. The molecule has 0 aliphatic carbocycles. The quantitative estimate of drug-likeness (QED) is 0.892. The molecule has 1 atom stereocenters. The maximum atomic E-state index is 9.60. The molecule has 0 saturated carbocycles. The van der Waals surface area contributed by atoms with Crippen molar-refractivity contribution < 1.29 is 9.84 Å². The first-order valence-electron chi connectivity index (χ1n) is 7.36. The van der Waals surface area contributed by atoms with Gasteiger partial charge in [-0.25, -0.2) is 0 Å².